The molecule has 0 aromatic heterocycles. The lowest BCUT2D eigenvalue weighted by atomic mass is 10.1. The molecular weight excluding hydrogens is 302 g/mol. The third-order valence-corrected chi connectivity index (χ3v) is 4.59. The lowest BCUT2D eigenvalue weighted by Gasteiger charge is -2.22. The highest BCUT2D eigenvalue weighted by atomic mass is 35.5. The molecule has 1 saturated heterocycles. The van der Waals surface area contributed by atoms with Crippen LogP contribution in [0.15, 0.2) is 12.1 Å². The normalized spacial score (nSPS) is 18.6. The molecule has 3 N–H and O–H groups in total. The number of carbonyl (C=O) groups excluding carboxylic acids is 1. The Morgan fingerprint density at radius 3 is 2.90 bits per heavy atom. The van der Waals surface area contributed by atoms with E-state index in [0.29, 0.717) is 0 Å². The number of nitro groups is 1. The fourth-order valence-electron chi connectivity index (χ4n) is 2.01. The number of carbonyl (C=O) groups is 1. The molecule has 8 heteroatoms. The molecule has 1 heterocycles. The first kappa shape index (κ1) is 14.9. The molecular formula is C12H14ClN3O3S. The largest absolute Gasteiger partial charge is 0.392 e. The van der Waals surface area contributed by atoms with Gasteiger partial charge in [0, 0.05) is 23.4 Å². The minimum absolute atomic E-state index is 0.0161. The van der Waals surface area contributed by atoms with Gasteiger partial charge in [-0.1, -0.05) is 11.6 Å². The fourth-order valence-corrected chi connectivity index (χ4v) is 3.30. The molecule has 6 nitrogen and oxygen atoms in total. The number of nitrogens with two attached hydrogens (primary N) is 1. The van der Waals surface area contributed by atoms with Crippen LogP contribution in [-0.2, 0) is 0 Å². The summed E-state index contributed by atoms with van der Waals surface area (Å²) in [4.78, 5) is 22.3. The van der Waals surface area contributed by atoms with Gasteiger partial charge in [-0.25, -0.2) is 0 Å². The first-order chi connectivity index (χ1) is 9.49. The van der Waals surface area contributed by atoms with E-state index in [0.717, 1.165) is 30.4 Å². The van der Waals surface area contributed by atoms with Crippen molar-refractivity contribution < 1.29 is 9.72 Å². The summed E-state index contributed by atoms with van der Waals surface area (Å²) in [5, 5.41) is 13.8. The van der Waals surface area contributed by atoms with Gasteiger partial charge in [-0.05, 0) is 24.7 Å². The van der Waals surface area contributed by atoms with Gasteiger partial charge >= 0.3 is 0 Å². The number of hydrogen-bond donors (Lipinski definition) is 2. The zero-order valence-corrected chi connectivity index (χ0v) is 12.2. The Morgan fingerprint density at radius 2 is 2.30 bits per heavy atom. The molecule has 1 aliphatic heterocycles. The van der Waals surface area contributed by atoms with Crippen LogP contribution in [0.1, 0.15) is 23.2 Å². The predicted octanol–water partition coefficient (Wildman–Crippen LogP) is 2.46. The number of nitrogen functional groups attached to an aromatic ring is 1. The van der Waals surface area contributed by atoms with E-state index in [1.165, 1.54) is 6.07 Å². The molecule has 0 saturated carbocycles. The van der Waals surface area contributed by atoms with Crippen LogP contribution in [0.3, 0.4) is 0 Å². The lowest BCUT2D eigenvalue weighted by Crippen LogP contribution is -2.38. The zero-order chi connectivity index (χ0) is 14.7. The minimum atomic E-state index is -0.644. The number of thioether (sulfide) groups is 1. The van der Waals surface area contributed by atoms with E-state index in [1.807, 2.05) is 0 Å². The number of anilines is 1. The van der Waals surface area contributed by atoms with Crippen molar-refractivity contribution in [2.75, 3.05) is 17.2 Å². The Hall–Kier alpha value is -1.47. The van der Waals surface area contributed by atoms with Gasteiger partial charge in [-0.2, -0.15) is 11.8 Å². The topological polar surface area (TPSA) is 98.3 Å². The van der Waals surface area contributed by atoms with E-state index >= 15 is 0 Å². The maximum absolute atomic E-state index is 12.1. The summed E-state index contributed by atoms with van der Waals surface area (Å²) in [6.45, 7) is 0. The van der Waals surface area contributed by atoms with Gasteiger partial charge in [0.2, 0.25) is 0 Å². The summed E-state index contributed by atoms with van der Waals surface area (Å²) < 4.78 is 0. The molecule has 1 aromatic rings. The Bertz CT molecular complexity index is 547. The summed E-state index contributed by atoms with van der Waals surface area (Å²) in [7, 11) is 0. The number of nitrogens with zero attached hydrogens (tertiary/aromatic N) is 1. The average Bonchev–Trinajstić information content (AvgIpc) is 2.42. The van der Waals surface area contributed by atoms with Gasteiger partial charge in [-0.3, -0.25) is 14.9 Å². The highest BCUT2D eigenvalue weighted by Crippen LogP contribution is 2.31. The number of nitro benzene ring substituents is 1. The van der Waals surface area contributed by atoms with Crippen LogP contribution < -0.4 is 11.1 Å². The summed E-state index contributed by atoms with van der Waals surface area (Å²) in [6, 6.07) is 2.61. The van der Waals surface area contributed by atoms with Crippen LogP contribution in [0.5, 0.6) is 0 Å². The zero-order valence-electron chi connectivity index (χ0n) is 10.6. The number of amides is 1. The van der Waals surface area contributed by atoms with Crippen LogP contribution in [0, 0.1) is 10.1 Å². The first-order valence-corrected chi connectivity index (χ1v) is 7.64. The highest BCUT2D eigenvalue weighted by Gasteiger charge is 2.22. The molecule has 1 aromatic carbocycles. The Labute approximate surface area is 125 Å². The van der Waals surface area contributed by atoms with Crippen LogP contribution in [0.2, 0.25) is 5.02 Å². The first-order valence-electron chi connectivity index (χ1n) is 6.11. The Balaban J connectivity index is 2.19. The molecule has 1 amide bonds. The van der Waals surface area contributed by atoms with E-state index in [-0.39, 0.29) is 33.9 Å². The number of halogens is 1. The van der Waals surface area contributed by atoms with Gasteiger partial charge < -0.3 is 11.1 Å². The molecule has 1 unspecified atom stereocenters. The van der Waals surface area contributed by atoms with E-state index in [9.17, 15) is 14.9 Å². The maximum atomic E-state index is 12.1. The van der Waals surface area contributed by atoms with Crippen molar-refractivity contribution in [1.29, 1.82) is 0 Å². The van der Waals surface area contributed by atoms with Crippen molar-refractivity contribution in [2.24, 2.45) is 0 Å². The number of nitrogens with one attached hydrogen (secondary N) is 1. The van der Waals surface area contributed by atoms with Crippen molar-refractivity contribution in [3.8, 4) is 0 Å². The van der Waals surface area contributed by atoms with Gasteiger partial charge in [0.25, 0.3) is 11.6 Å². The lowest BCUT2D eigenvalue weighted by molar-refractivity contribution is -0.383. The third-order valence-electron chi connectivity index (χ3n) is 3.06. The molecule has 2 rings (SSSR count). The second-order valence-corrected chi connectivity index (χ2v) is 6.09. The summed E-state index contributed by atoms with van der Waals surface area (Å²) in [5.74, 6) is 1.60. The van der Waals surface area contributed by atoms with E-state index in [4.69, 9.17) is 17.3 Å². The maximum Gasteiger partial charge on any atom is 0.294 e. The number of benzene rings is 1. The van der Waals surface area contributed by atoms with Gasteiger partial charge in [0.15, 0.2) is 0 Å². The number of hydrogen-bond acceptors (Lipinski definition) is 5. The van der Waals surface area contributed by atoms with Gasteiger partial charge in [0.1, 0.15) is 5.69 Å². The minimum Gasteiger partial charge on any atom is -0.392 e. The third kappa shape index (κ3) is 3.34. The van der Waals surface area contributed by atoms with Crippen LogP contribution >= 0.6 is 23.4 Å². The standard InChI is InChI=1S/C12H14ClN3O3S/c13-9-4-7(5-10(11(9)14)16(18)19)12(17)15-8-2-1-3-20-6-8/h4-5,8H,1-3,6,14H2,(H,15,17). The second-order valence-electron chi connectivity index (χ2n) is 4.54. The van der Waals surface area contributed by atoms with Crippen molar-refractivity contribution in [2.45, 2.75) is 18.9 Å². The van der Waals surface area contributed by atoms with Gasteiger partial charge in [0.05, 0.1) is 9.95 Å². The van der Waals surface area contributed by atoms with Crippen LogP contribution in [0.25, 0.3) is 0 Å². The van der Waals surface area contributed by atoms with Gasteiger partial charge in [-0.15, -0.1) is 0 Å². The van der Waals surface area contributed by atoms with E-state index < -0.39 is 4.92 Å². The Kier molecular flexibility index (Phi) is 4.72. The smallest absolute Gasteiger partial charge is 0.294 e. The van der Waals surface area contributed by atoms with Crippen molar-refractivity contribution in [3.63, 3.8) is 0 Å². The van der Waals surface area contributed by atoms with Crippen molar-refractivity contribution in [1.82, 2.24) is 5.32 Å². The van der Waals surface area contributed by atoms with Crippen LogP contribution in [0.4, 0.5) is 11.4 Å². The van der Waals surface area contributed by atoms with Crippen molar-refractivity contribution >= 4 is 40.6 Å². The average molecular weight is 316 g/mol. The quantitative estimate of drug-likeness (QED) is 0.507. The molecule has 1 atom stereocenters. The highest BCUT2D eigenvalue weighted by molar-refractivity contribution is 7.99. The Morgan fingerprint density at radius 1 is 1.55 bits per heavy atom. The van der Waals surface area contributed by atoms with E-state index in [1.54, 1.807) is 11.8 Å². The predicted molar refractivity (Wildman–Crippen MR) is 80.3 cm³/mol. The van der Waals surface area contributed by atoms with E-state index in [2.05, 4.69) is 5.32 Å². The second kappa shape index (κ2) is 6.32. The molecule has 1 aliphatic rings. The number of rotatable bonds is 3. The van der Waals surface area contributed by atoms with Crippen molar-refractivity contribution in [3.05, 3.63) is 32.8 Å². The van der Waals surface area contributed by atoms with Crippen LogP contribution in [-0.4, -0.2) is 28.4 Å². The summed E-state index contributed by atoms with van der Waals surface area (Å²) in [6.07, 6.45) is 1.97. The molecule has 20 heavy (non-hydrogen) atoms. The SMILES string of the molecule is Nc1c(Cl)cc(C(=O)NC2CCCSC2)cc1[N+](=O)[O-]. The summed E-state index contributed by atoms with van der Waals surface area (Å²) >= 11 is 7.62. The molecule has 1 fully saturated rings. The molecule has 0 radical (unpaired) electrons. The monoisotopic (exact) mass is 315 g/mol. The molecule has 108 valence electrons. The summed E-state index contributed by atoms with van der Waals surface area (Å²) in [5.41, 5.74) is 5.22. The molecule has 0 spiro atoms. The molecule has 0 bridgehead atoms. The molecule has 0 aliphatic carbocycles. The fraction of sp³-hybridized carbons (Fsp3) is 0.417.